The molecular weight excluding hydrogens is 444 g/mol. The molecule has 2 aromatic rings. The molecule has 0 aromatic heterocycles. The van der Waals surface area contributed by atoms with Gasteiger partial charge in [0.1, 0.15) is 6.61 Å². The Morgan fingerprint density at radius 2 is 1.69 bits per heavy atom. The first-order chi connectivity index (χ1) is 16.8. The molecule has 0 bridgehead atoms. The van der Waals surface area contributed by atoms with Crippen LogP contribution in [0.3, 0.4) is 0 Å². The van der Waals surface area contributed by atoms with Crippen molar-refractivity contribution >= 4 is 18.0 Å². The van der Waals surface area contributed by atoms with Crippen molar-refractivity contribution in [2.75, 3.05) is 13.2 Å². The summed E-state index contributed by atoms with van der Waals surface area (Å²) in [5.74, 6) is -1.32. The van der Waals surface area contributed by atoms with E-state index in [0.717, 1.165) is 0 Å². The van der Waals surface area contributed by atoms with E-state index in [4.69, 9.17) is 4.74 Å². The number of carbonyl (C=O) groups excluding carboxylic acids is 2. The highest BCUT2D eigenvalue weighted by Gasteiger charge is 2.32. The zero-order chi connectivity index (χ0) is 24.9. The van der Waals surface area contributed by atoms with E-state index in [0.29, 0.717) is 32.1 Å². The minimum absolute atomic E-state index is 0.0160. The molecule has 186 valence electrons. The number of hydrogen-bond donors (Lipinski definition) is 2. The van der Waals surface area contributed by atoms with Crippen LogP contribution in [0.2, 0.25) is 0 Å². The molecule has 35 heavy (non-hydrogen) atoms. The van der Waals surface area contributed by atoms with Crippen LogP contribution in [0.1, 0.15) is 63.0 Å². The molecular formula is C28H34N2O5. The van der Waals surface area contributed by atoms with E-state index < -0.39 is 18.0 Å². The van der Waals surface area contributed by atoms with Crippen molar-refractivity contribution in [1.29, 1.82) is 0 Å². The molecule has 2 N–H and O–H groups in total. The molecule has 7 heteroatoms. The molecule has 1 saturated heterocycles. The number of likely N-dealkylation sites (tertiary alicyclic amines) is 1. The monoisotopic (exact) mass is 478 g/mol. The Morgan fingerprint density at radius 1 is 1.06 bits per heavy atom. The fourth-order valence-electron chi connectivity index (χ4n) is 5.27. The van der Waals surface area contributed by atoms with Crippen LogP contribution < -0.4 is 5.32 Å². The summed E-state index contributed by atoms with van der Waals surface area (Å²) in [5, 5.41) is 12.1. The number of hydrogen-bond acceptors (Lipinski definition) is 4. The first-order valence-electron chi connectivity index (χ1n) is 12.5. The first-order valence-corrected chi connectivity index (χ1v) is 12.5. The maximum Gasteiger partial charge on any atom is 0.407 e. The summed E-state index contributed by atoms with van der Waals surface area (Å²) >= 11 is 0. The van der Waals surface area contributed by atoms with E-state index in [1.807, 2.05) is 38.1 Å². The fourth-order valence-corrected chi connectivity index (χ4v) is 5.27. The maximum absolute atomic E-state index is 12.7. The van der Waals surface area contributed by atoms with E-state index >= 15 is 0 Å². The number of amides is 2. The standard InChI is InChI=1S/C28H34N2O5/c1-18(8-7-13-26(31)30-16-20(27(32)33)15-14-19(30)2)29-28(34)35-17-25-23-11-5-3-9-21(23)22-10-4-6-12-24(22)25/h3-6,9-12,18-20,25H,7-8,13-17H2,1-2H3,(H,29,34)(H,32,33). The van der Waals surface area contributed by atoms with Gasteiger partial charge in [0.15, 0.2) is 0 Å². The van der Waals surface area contributed by atoms with Gasteiger partial charge in [0.05, 0.1) is 5.92 Å². The van der Waals surface area contributed by atoms with Gasteiger partial charge in [-0.1, -0.05) is 48.5 Å². The number of carboxylic acids is 1. The summed E-state index contributed by atoms with van der Waals surface area (Å²) in [6.07, 6.45) is 2.46. The van der Waals surface area contributed by atoms with Gasteiger partial charge < -0.3 is 20.1 Å². The maximum atomic E-state index is 12.7. The van der Waals surface area contributed by atoms with E-state index in [9.17, 15) is 19.5 Å². The Morgan fingerprint density at radius 3 is 2.31 bits per heavy atom. The van der Waals surface area contributed by atoms with Gasteiger partial charge in [0.25, 0.3) is 0 Å². The van der Waals surface area contributed by atoms with Gasteiger partial charge >= 0.3 is 12.1 Å². The van der Waals surface area contributed by atoms with Crippen molar-refractivity contribution in [1.82, 2.24) is 10.2 Å². The molecule has 1 aliphatic carbocycles. The fraction of sp³-hybridized carbons (Fsp3) is 0.464. The summed E-state index contributed by atoms with van der Waals surface area (Å²) in [6, 6.07) is 16.4. The number of carbonyl (C=O) groups is 3. The van der Waals surface area contributed by atoms with Crippen LogP contribution >= 0.6 is 0 Å². The number of carboxylic acid groups (broad SMARTS) is 1. The number of ether oxygens (including phenoxy) is 1. The zero-order valence-corrected chi connectivity index (χ0v) is 20.4. The highest BCUT2D eigenvalue weighted by Crippen LogP contribution is 2.44. The van der Waals surface area contributed by atoms with E-state index in [-0.39, 0.29) is 37.1 Å². The molecule has 0 radical (unpaired) electrons. The van der Waals surface area contributed by atoms with Gasteiger partial charge in [0, 0.05) is 31.0 Å². The Balaban J connectivity index is 1.22. The Bertz CT molecular complexity index is 1040. The molecule has 1 aliphatic heterocycles. The molecule has 0 saturated carbocycles. The van der Waals surface area contributed by atoms with Gasteiger partial charge in [-0.3, -0.25) is 9.59 Å². The molecule has 2 amide bonds. The second-order valence-corrected chi connectivity index (χ2v) is 9.77. The van der Waals surface area contributed by atoms with Crippen molar-refractivity contribution in [3.05, 3.63) is 59.7 Å². The SMILES string of the molecule is CC(CCCC(=O)N1CC(C(=O)O)CCC1C)NC(=O)OCC1c2ccccc2-c2ccccc21. The van der Waals surface area contributed by atoms with E-state index in [1.54, 1.807) is 4.90 Å². The lowest BCUT2D eigenvalue weighted by Crippen LogP contribution is -2.47. The molecule has 3 atom stereocenters. The molecule has 4 rings (SSSR count). The lowest BCUT2D eigenvalue weighted by atomic mass is 9.93. The largest absolute Gasteiger partial charge is 0.481 e. The van der Waals surface area contributed by atoms with Crippen LogP contribution in [-0.4, -0.2) is 53.2 Å². The lowest BCUT2D eigenvalue weighted by Gasteiger charge is -2.36. The molecule has 1 fully saturated rings. The van der Waals surface area contributed by atoms with Crippen LogP contribution in [0, 0.1) is 5.92 Å². The molecule has 7 nitrogen and oxygen atoms in total. The number of benzene rings is 2. The van der Waals surface area contributed by atoms with Crippen LogP contribution in [-0.2, 0) is 14.3 Å². The average Bonchev–Trinajstić information content (AvgIpc) is 3.16. The van der Waals surface area contributed by atoms with Crippen molar-refractivity contribution in [3.63, 3.8) is 0 Å². The number of piperidine rings is 1. The Kier molecular flexibility index (Phi) is 7.73. The third kappa shape index (κ3) is 5.66. The molecule has 2 aromatic carbocycles. The highest BCUT2D eigenvalue weighted by molar-refractivity contribution is 5.79. The van der Waals surface area contributed by atoms with Crippen molar-refractivity contribution in [2.45, 2.75) is 64.0 Å². The van der Waals surface area contributed by atoms with E-state index in [2.05, 4.69) is 29.6 Å². The molecule has 0 spiro atoms. The zero-order valence-electron chi connectivity index (χ0n) is 20.4. The van der Waals surface area contributed by atoms with Crippen LogP contribution in [0.15, 0.2) is 48.5 Å². The number of aliphatic carboxylic acids is 1. The summed E-state index contributed by atoms with van der Waals surface area (Å²) in [5.41, 5.74) is 4.72. The number of nitrogens with one attached hydrogen (secondary N) is 1. The van der Waals surface area contributed by atoms with Crippen LogP contribution in [0.25, 0.3) is 11.1 Å². The number of nitrogens with zero attached hydrogens (tertiary/aromatic N) is 1. The van der Waals surface area contributed by atoms with Crippen LogP contribution in [0.4, 0.5) is 4.79 Å². The minimum atomic E-state index is -0.837. The summed E-state index contributed by atoms with van der Waals surface area (Å²) in [7, 11) is 0. The van der Waals surface area contributed by atoms with Gasteiger partial charge in [-0.25, -0.2) is 4.79 Å². The molecule has 1 heterocycles. The molecule has 3 unspecified atom stereocenters. The molecule has 2 aliphatic rings. The van der Waals surface area contributed by atoms with Gasteiger partial charge in [-0.15, -0.1) is 0 Å². The van der Waals surface area contributed by atoms with Gasteiger partial charge in [-0.05, 0) is 61.8 Å². The number of alkyl carbamates (subject to hydrolysis) is 1. The minimum Gasteiger partial charge on any atom is -0.481 e. The Labute approximate surface area is 206 Å². The predicted octanol–water partition coefficient (Wildman–Crippen LogP) is 4.80. The third-order valence-corrected chi connectivity index (χ3v) is 7.29. The van der Waals surface area contributed by atoms with Gasteiger partial charge in [-0.2, -0.15) is 0 Å². The predicted molar refractivity (Wildman–Crippen MR) is 133 cm³/mol. The first kappa shape index (κ1) is 24.8. The number of fused-ring (bicyclic) bond motifs is 3. The van der Waals surface area contributed by atoms with Crippen LogP contribution in [0.5, 0.6) is 0 Å². The van der Waals surface area contributed by atoms with Crippen molar-refractivity contribution < 1.29 is 24.2 Å². The van der Waals surface area contributed by atoms with Gasteiger partial charge in [0.2, 0.25) is 5.91 Å². The summed E-state index contributed by atoms with van der Waals surface area (Å²) < 4.78 is 5.60. The quantitative estimate of drug-likeness (QED) is 0.568. The number of rotatable bonds is 8. The Hall–Kier alpha value is -3.35. The third-order valence-electron chi connectivity index (χ3n) is 7.29. The lowest BCUT2D eigenvalue weighted by molar-refractivity contribution is -0.147. The average molecular weight is 479 g/mol. The normalized spacial score (nSPS) is 20.0. The van der Waals surface area contributed by atoms with E-state index in [1.165, 1.54) is 22.3 Å². The van der Waals surface area contributed by atoms with Crippen molar-refractivity contribution in [3.8, 4) is 11.1 Å². The van der Waals surface area contributed by atoms with Crippen molar-refractivity contribution in [2.24, 2.45) is 5.92 Å². The topological polar surface area (TPSA) is 95.9 Å². The summed E-state index contributed by atoms with van der Waals surface area (Å²) in [6.45, 7) is 4.42. The second-order valence-electron chi connectivity index (χ2n) is 9.77. The summed E-state index contributed by atoms with van der Waals surface area (Å²) in [4.78, 5) is 38.1. The second kappa shape index (κ2) is 10.9. The smallest absolute Gasteiger partial charge is 0.407 e. The highest BCUT2D eigenvalue weighted by atomic mass is 16.5.